The van der Waals surface area contributed by atoms with Gasteiger partial charge < -0.3 is 9.13 Å². The lowest BCUT2D eigenvalue weighted by atomic mass is 10.0. The molecule has 230 valence electrons. The van der Waals surface area contributed by atoms with E-state index >= 15 is 0 Å². The van der Waals surface area contributed by atoms with Crippen molar-refractivity contribution in [2.45, 2.75) is 0 Å². The molecule has 0 bridgehead atoms. The molecular weight excluding hydrogens is 613 g/mol. The highest BCUT2D eigenvalue weighted by Crippen LogP contribution is 2.41. The highest BCUT2D eigenvalue weighted by Gasteiger charge is 2.22. The van der Waals surface area contributed by atoms with E-state index in [9.17, 15) is 15.8 Å². The summed E-state index contributed by atoms with van der Waals surface area (Å²) < 4.78 is 4.29. The molecule has 0 aliphatic carbocycles. The molecule has 0 unspecified atom stereocenters. The number of aromatic nitrogens is 3. The van der Waals surface area contributed by atoms with Crippen molar-refractivity contribution in [3.8, 4) is 52.1 Å². The van der Waals surface area contributed by atoms with Crippen LogP contribution in [-0.4, -0.2) is 14.1 Å². The molecule has 9 aromatic rings. The first-order valence-corrected chi connectivity index (χ1v) is 16.1. The van der Waals surface area contributed by atoms with E-state index < -0.39 is 0 Å². The maximum Gasteiger partial charge on any atom is 0.101 e. The van der Waals surface area contributed by atoms with E-state index in [1.54, 1.807) is 0 Å². The Labute approximate surface area is 287 Å². The topological polar surface area (TPSA) is 94.1 Å². The largest absolute Gasteiger partial charge is 0.309 e. The van der Waals surface area contributed by atoms with Gasteiger partial charge in [-0.3, -0.25) is 0 Å². The Morgan fingerprint density at radius 1 is 0.420 bits per heavy atom. The van der Waals surface area contributed by atoms with E-state index in [1.165, 1.54) is 0 Å². The maximum atomic E-state index is 10.8. The van der Waals surface area contributed by atoms with Crippen molar-refractivity contribution in [1.82, 2.24) is 14.1 Å². The number of rotatable bonds is 4. The van der Waals surface area contributed by atoms with Crippen LogP contribution in [0.15, 0.2) is 146 Å². The first-order chi connectivity index (χ1) is 24.7. The van der Waals surface area contributed by atoms with Crippen molar-refractivity contribution in [1.29, 1.82) is 15.8 Å². The number of hydrogen-bond donors (Lipinski definition) is 0. The Balaban J connectivity index is 1.42. The molecule has 6 heteroatoms. The summed E-state index contributed by atoms with van der Waals surface area (Å²) in [6, 6.07) is 54.9. The fourth-order valence-corrected chi connectivity index (χ4v) is 7.20. The van der Waals surface area contributed by atoms with Gasteiger partial charge >= 0.3 is 0 Å². The average Bonchev–Trinajstić information content (AvgIpc) is 3.69. The standard InChI is InChI=1S/C44H24N6/c45-25-28-17-19-41-34(21-28)32-11-4-6-15-39(32)49(41)43-24-36(38-14-8-13-37(48-38)30-9-2-1-3-10-30)44(23-31(43)27-47)50-40-16-7-5-12-33(40)35-22-29(26-46)18-20-42(35)50/h1-24H. The van der Waals surface area contributed by atoms with Crippen LogP contribution in [0.1, 0.15) is 16.7 Å². The second-order valence-electron chi connectivity index (χ2n) is 12.2. The van der Waals surface area contributed by atoms with Crippen molar-refractivity contribution >= 4 is 43.6 Å². The summed E-state index contributed by atoms with van der Waals surface area (Å²) in [7, 11) is 0. The Kier molecular flexibility index (Phi) is 6.53. The van der Waals surface area contributed by atoms with Gasteiger partial charge in [-0.05, 0) is 72.8 Å². The monoisotopic (exact) mass is 636 g/mol. The molecular formula is C44H24N6. The number of nitrogens with zero attached hydrogens (tertiary/aromatic N) is 6. The third-order valence-electron chi connectivity index (χ3n) is 9.41. The number of nitriles is 3. The Morgan fingerprint density at radius 2 is 0.960 bits per heavy atom. The van der Waals surface area contributed by atoms with Crippen LogP contribution in [0.25, 0.3) is 77.5 Å². The highest BCUT2D eigenvalue weighted by molar-refractivity contribution is 6.11. The minimum Gasteiger partial charge on any atom is -0.309 e. The van der Waals surface area contributed by atoms with Gasteiger partial charge in [0.1, 0.15) is 6.07 Å². The molecule has 0 aliphatic rings. The Bertz CT molecular complexity index is 2960. The summed E-state index contributed by atoms with van der Waals surface area (Å²) in [5, 5.41) is 34.2. The molecule has 0 amide bonds. The zero-order valence-corrected chi connectivity index (χ0v) is 26.5. The third kappa shape index (κ3) is 4.36. The van der Waals surface area contributed by atoms with Crippen molar-refractivity contribution in [2.75, 3.05) is 0 Å². The Hall–Kier alpha value is -7.46. The molecule has 0 saturated carbocycles. The zero-order valence-electron chi connectivity index (χ0n) is 26.5. The summed E-state index contributed by atoms with van der Waals surface area (Å²) in [6.45, 7) is 0. The van der Waals surface area contributed by atoms with Crippen LogP contribution in [0.3, 0.4) is 0 Å². The normalized spacial score (nSPS) is 11.1. The van der Waals surface area contributed by atoms with Gasteiger partial charge in [0, 0.05) is 32.7 Å². The smallest absolute Gasteiger partial charge is 0.101 e. The van der Waals surface area contributed by atoms with Gasteiger partial charge in [0.2, 0.25) is 0 Å². The van der Waals surface area contributed by atoms with Crippen LogP contribution < -0.4 is 0 Å². The molecule has 6 nitrogen and oxygen atoms in total. The maximum absolute atomic E-state index is 10.8. The van der Waals surface area contributed by atoms with Gasteiger partial charge in [-0.1, -0.05) is 72.8 Å². The first kappa shape index (κ1) is 28.7. The summed E-state index contributed by atoms with van der Waals surface area (Å²) >= 11 is 0. The molecule has 0 aliphatic heterocycles. The Morgan fingerprint density at radius 3 is 1.56 bits per heavy atom. The molecule has 0 saturated heterocycles. The lowest BCUT2D eigenvalue weighted by Crippen LogP contribution is -2.04. The molecule has 3 aromatic heterocycles. The van der Waals surface area contributed by atoms with E-state index in [4.69, 9.17) is 4.98 Å². The number of pyridine rings is 1. The van der Waals surface area contributed by atoms with E-state index in [0.717, 1.165) is 71.8 Å². The minimum atomic E-state index is 0.481. The van der Waals surface area contributed by atoms with Gasteiger partial charge in [0.15, 0.2) is 0 Å². The predicted octanol–water partition coefficient (Wildman–Crippen LogP) is 10.2. The van der Waals surface area contributed by atoms with Gasteiger partial charge in [-0.15, -0.1) is 0 Å². The van der Waals surface area contributed by atoms with Gasteiger partial charge in [0.25, 0.3) is 0 Å². The number of fused-ring (bicyclic) bond motifs is 6. The zero-order chi connectivity index (χ0) is 33.8. The molecule has 0 N–H and O–H groups in total. The molecule has 0 fully saturated rings. The van der Waals surface area contributed by atoms with E-state index in [-0.39, 0.29) is 0 Å². The third-order valence-corrected chi connectivity index (χ3v) is 9.41. The van der Waals surface area contributed by atoms with Crippen LogP contribution in [0, 0.1) is 34.0 Å². The number of hydrogen-bond acceptors (Lipinski definition) is 4. The fourth-order valence-electron chi connectivity index (χ4n) is 7.20. The van der Waals surface area contributed by atoms with Crippen LogP contribution in [0.2, 0.25) is 0 Å². The van der Waals surface area contributed by atoms with E-state index in [0.29, 0.717) is 22.4 Å². The van der Waals surface area contributed by atoms with Crippen LogP contribution in [0.5, 0.6) is 0 Å². The van der Waals surface area contributed by atoms with E-state index in [2.05, 4.69) is 51.6 Å². The average molecular weight is 637 g/mol. The van der Waals surface area contributed by atoms with Crippen LogP contribution >= 0.6 is 0 Å². The summed E-state index contributed by atoms with van der Waals surface area (Å²) in [5.41, 5.74) is 10.3. The highest BCUT2D eigenvalue weighted by atomic mass is 15.0. The van der Waals surface area contributed by atoms with Crippen molar-refractivity contribution in [3.05, 3.63) is 162 Å². The van der Waals surface area contributed by atoms with Gasteiger partial charge in [-0.25, -0.2) is 4.98 Å². The molecule has 9 rings (SSSR count). The quantitative estimate of drug-likeness (QED) is 0.192. The molecule has 50 heavy (non-hydrogen) atoms. The van der Waals surface area contributed by atoms with Crippen LogP contribution in [0.4, 0.5) is 0 Å². The summed E-state index contributed by atoms with van der Waals surface area (Å²) in [4.78, 5) is 5.21. The molecule has 3 heterocycles. The molecule has 0 spiro atoms. The van der Waals surface area contributed by atoms with E-state index in [1.807, 2.05) is 121 Å². The fraction of sp³-hybridized carbons (Fsp3) is 0. The number of para-hydroxylation sites is 2. The lowest BCUT2D eigenvalue weighted by Gasteiger charge is -2.18. The lowest BCUT2D eigenvalue weighted by molar-refractivity contribution is 1.13. The van der Waals surface area contributed by atoms with Crippen molar-refractivity contribution < 1.29 is 0 Å². The first-order valence-electron chi connectivity index (χ1n) is 16.1. The second-order valence-corrected chi connectivity index (χ2v) is 12.2. The minimum absolute atomic E-state index is 0.481. The van der Waals surface area contributed by atoms with Gasteiger partial charge in [-0.2, -0.15) is 15.8 Å². The van der Waals surface area contributed by atoms with Crippen LogP contribution in [-0.2, 0) is 0 Å². The van der Waals surface area contributed by atoms with Crippen molar-refractivity contribution in [2.24, 2.45) is 0 Å². The summed E-state index contributed by atoms with van der Waals surface area (Å²) in [5.74, 6) is 0. The van der Waals surface area contributed by atoms with Gasteiger partial charge in [0.05, 0.1) is 73.7 Å². The SMILES string of the molecule is N#Cc1ccc2c(c1)c1ccccc1n2-c1cc(-c2cccc(-c3ccccc3)n2)c(-n2c3ccccc3c3cc(C#N)ccc32)cc1C#N. The second kappa shape index (κ2) is 11.4. The van der Waals surface area contributed by atoms with Crippen molar-refractivity contribution in [3.63, 3.8) is 0 Å². The molecule has 6 aromatic carbocycles. The number of benzene rings is 6. The molecule has 0 radical (unpaired) electrons. The predicted molar refractivity (Wildman–Crippen MR) is 198 cm³/mol. The summed E-state index contributed by atoms with van der Waals surface area (Å²) in [6.07, 6.45) is 0. The molecule has 0 atom stereocenters.